The van der Waals surface area contributed by atoms with Crippen molar-refractivity contribution in [1.82, 2.24) is 24.5 Å². The largest absolute Gasteiger partial charge is 0.398 e. The van der Waals surface area contributed by atoms with Crippen LogP contribution in [-0.2, 0) is 0 Å². The first-order valence-electron chi connectivity index (χ1n) is 9.88. The van der Waals surface area contributed by atoms with Gasteiger partial charge in [0.1, 0.15) is 11.5 Å². The molecule has 0 radical (unpaired) electrons. The third kappa shape index (κ3) is 3.92. The lowest BCUT2D eigenvalue weighted by Crippen LogP contribution is -2.11. The summed E-state index contributed by atoms with van der Waals surface area (Å²) in [6.45, 7) is 0. The van der Waals surface area contributed by atoms with Crippen molar-refractivity contribution in [2.24, 2.45) is 0 Å². The molecule has 0 aliphatic carbocycles. The van der Waals surface area contributed by atoms with Gasteiger partial charge >= 0.3 is 0 Å². The molecule has 5 rings (SSSR count). The molecule has 0 aliphatic rings. The number of nitrogens with zero attached hydrogens (tertiary/aromatic N) is 4. The van der Waals surface area contributed by atoms with Gasteiger partial charge in [0.2, 0.25) is 5.28 Å². The fraction of sp³-hybridized carbons (Fsp3) is 0. The van der Waals surface area contributed by atoms with Crippen LogP contribution in [0, 0.1) is 5.41 Å². The SMILES string of the molecule is N=Cc1cc(Nc2ccnc(-c3ccc4cc(C(=O)n5ccnc5Cl)[nH]c4c3)n2)ccc1N. The molecule has 3 aromatic heterocycles. The number of hydrogen-bond acceptors (Lipinski definition) is 7. The zero-order chi connectivity index (χ0) is 22.9. The van der Waals surface area contributed by atoms with Gasteiger partial charge in [-0.2, -0.15) is 0 Å². The second-order valence-corrected chi connectivity index (χ2v) is 7.57. The first-order chi connectivity index (χ1) is 16.0. The smallest absolute Gasteiger partial charge is 0.280 e. The molecule has 33 heavy (non-hydrogen) atoms. The Morgan fingerprint density at radius 3 is 2.79 bits per heavy atom. The van der Waals surface area contributed by atoms with Gasteiger partial charge in [0.15, 0.2) is 5.82 Å². The Kier molecular flexibility index (Phi) is 5.08. The van der Waals surface area contributed by atoms with Crippen LogP contribution in [0.5, 0.6) is 0 Å². The summed E-state index contributed by atoms with van der Waals surface area (Å²) in [4.78, 5) is 28.7. The Morgan fingerprint density at radius 1 is 1.12 bits per heavy atom. The van der Waals surface area contributed by atoms with Crippen molar-refractivity contribution in [3.8, 4) is 11.4 Å². The summed E-state index contributed by atoms with van der Waals surface area (Å²) in [7, 11) is 0. The van der Waals surface area contributed by atoms with Crippen molar-refractivity contribution >= 4 is 51.8 Å². The van der Waals surface area contributed by atoms with E-state index in [0.717, 1.165) is 22.2 Å². The van der Waals surface area contributed by atoms with Crippen LogP contribution in [0.1, 0.15) is 16.1 Å². The number of nitrogen functional groups attached to an aromatic ring is 1. The number of imidazole rings is 1. The lowest BCUT2D eigenvalue weighted by Gasteiger charge is -2.09. The quantitative estimate of drug-likeness (QED) is 0.227. The molecule has 2 aromatic carbocycles. The van der Waals surface area contributed by atoms with E-state index in [9.17, 15) is 4.79 Å². The van der Waals surface area contributed by atoms with E-state index in [4.69, 9.17) is 22.7 Å². The minimum absolute atomic E-state index is 0.103. The first kappa shape index (κ1) is 20.4. The first-order valence-corrected chi connectivity index (χ1v) is 10.3. The van der Waals surface area contributed by atoms with Crippen molar-refractivity contribution < 1.29 is 4.79 Å². The normalized spacial score (nSPS) is 10.9. The molecule has 0 fully saturated rings. The van der Waals surface area contributed by atoms with Gasteiger partial charge in [-0.05, 0) is 48.0 Å². The molecule has 5 N–H and O–H groups in total. The van der Waals surface area contributed by atoms with Crippen molar-refractivity contribution in [2.75, 3.05) is 11.1 Å². The molecule has 0 atom stereocenters. The van der Waals surface area contributed by atoms with Gasteiger partial charge in [0.25, 0.3) is 5.91 Å². The molecule has 0 saturated carbocycles. The summed E-state index contributed by atoms with van der Waals surface area (Å²) in [6, 6.07) is 14.5. The summed E-state index contributed by atoms with van der Waals surface area (Å²) in [6.07, 6.45) is 5.85. The number of anilines is 3. The van der Waals surface area contributed by atoms with E-state index < -0.39 is 0 Å². The van der Waals surface area contributed by atoms with Gasteiger partial charge in [-0.25, -0.2) is 15.0 Å². The van der Waals surface area contributed by atoms with Gasteiger partial charge in [-0.15, -0.1) is 0 Å². The number of rotatable bonds is 5. The van der Waals surface area contributed by atoms with Gasteiger partial charge in [-0.3, -0.25) is 9.36 Å². The number of carbonyl (C=O) groups excluding carboxylic acids is 1. The zero-order valence-electron chi connectivity index (χ0n) is 17.1. The van der Waals surface area contributed by atoms with E-state index in [-0.39, 0.29) is 11.2 Å². The minimum Gasteiger partial charge on any atom is -0.398 e. The summed E-state index contributed by atoms with van der Waals surface area (Å²) < 4.78 is 1.27. The Balaban J connectivity index is 1.44. The van der Waals surface area contributed by atoms with E-state index in [0.29, 0.717) is 28.6 Å². The molecule has 0 unspecified atom stereocenters. The van der Waals surface area contributed by atoms with Crippen LogP contribution in [0.2, 0.25) is 5.28 Å². The number of hydrogen-bond donors (Lipinski definition) is 4. The average molecular weight is 457 g/mol. The third-order valence-corrected chi connectivity index (χ3v) is 5.38. The molecule has 0 spiro atoms. The molecular formula is C23H17ClN8O. The molecule has 0 aliphatic heterocycles. The number of halogens is 1. The van der Waals surface area contributed by atoms with Crippen molar-refractivity contribution in [2.45, 2.75) is 0 Å². The zero-order valence-corrected chi connectivity index (χ0v) is 17.8. The number of nitrogens with one attached hydrogen (secondary N) is 3. The number of benzene rings is 2. The van der Waals surface area contributed by atoms with E-state index in [1.807, 2.05) is 24.3 Å². The lowest BCUT2D eigenvalue weighted by molar-refractivity contribution is 0.0956. The number of fused-ring (bicyclic) bond motifs is 1. The van der Waals surface area contributed by atoms with E-state index in [2.05, 4.69) is 25.3 Å². The van der Waals surface area contributed by atoms with Crippen LogP contribution >= 0.6 is 11.6 Å². The highest BCUT2D eigenvalue weighted by molar-refractivity contribution is 6.29. The molecule has 0 saturated heterocycles. The Bertz CT molecular complexity index is 1520. The number of carbonyl (C=O) groups is 1. The van der Waals surface area contributed by atoms with E-state index in [1.165, 1.54) is 23.2 Å². The third-order valence-electron chi connectivity index (χ3n) is 5.10. The van der Waals surface area contributed by atoms with Crippen LogP contribution in [0.4, 0.5) is 17.2 Å². The summed E-state index contributed by atoms with van der Waals surface area (Å²) >= 11 is 5.96. The highest BCUT2D eigenvalue weighted by Gasteiger charge is 2.15. The predicted molar refractivity (Wildman–Crippen MR) is 128 cm³/mol. The maximum Gasteiger partial charge on any atom is 0.280 e. The van der Waals surface area contributed by atoms with Crippen molar-refractivity contribution in [3.05, 3.63) is 83.7 Å². The predicted octanol–water partition coefficient (Wildman–Crippen LogP) is 4.49. The topological polar surface area (TPSA) is 138 Å². The second kappa shape index (κ2) is 8.21. The molecule has 9 nitrogen and oxygen atoms in total. The monoisotopic (exact) mass is 456 g/mol. The lowest BCUT2D eigenvalue weighted by atomic mass is 10.1. The summed E-state index contributed by atoms with van der Waals surface area (Å²) in [5.41, 5.74) is 9.71. The van der Waals surface area contributed by atoms with Crippen molar-refractivity contribution in [3.63, 3.8) is 0 Å². The Hall–Kier alpha value is -4.50. The molecule has 3 heterocycles. The second-order valence-electron chi connectivity index (χ2n) is 7.23. The van der Waals surface area contributed by atoms with Gasteiger partial charge in [0.05, 0.1) is 0 Å². The van der Waals surface area contributed by atoms with Crippen LogP contribution in [0.15, 0.2) is 67.1 Å². The number of H-pyrrole nitrogens is 1. The molecule has 0 amide bonds. The van der Waals surface area contributed by atoms with Crippen LogP contribution in [0.3, 0.4) is 0 Å². The number of aromatic nitrogens is 5. The highest BCUT2D eigenvalue weighted by atomic mass is 35.5. The maximum atomic E-state index is 12.7. The fourth-order valence-electron chi connectivity index (χ4n) is 3.44. The average Bonchev–Trinajstić information content (AvgIpc) is 3.45. The number of nitrogens with two attached hydrogens (primary N) is 1. The molecule has 10 heteroatoms. The number of aromatic amines is 1. The van der Waals surface area contributed by atoms with Gasteiger partial charge in [-0.1, -0.05) is 12.1 Å². The molecule has 0 bridgehead atoms. The summed E-state index contributed by atoms with van der Waals surface area (Å²) in [5, 5.41) is 11.6. The van der Waals surface area contributed by atoms with Crippen LogP contribution in [0.25, 0.3) is 22.3 Å². The van der Waals surface area contributed by atoms with Crippen LogP contribution < -0.4 is 11.1 Å². The maximum absolute atomic E-state index is 12.7. The fourth-order valence-corrected chi connectivity index (χ4v) is 3.63. The molecule has 5 aromatic rings. The molecular weight excluding hydrogens is 440 g/mol. The highest BCUT2D eigenvalue weighted by Crippen LogP contribution is 2.25. The van der Waals surface area contributed by atoms with Crippen molar-refractivity contribution in [1.29, 1.82) is 5.41 Å². The van der Waals surface area contributed by atoms with Gasteiger partial charge < -0.3 is 21.4 Å². The molecule has 162 valence electrons. The van der Waals surface area contributed by atoms with E-state index in [1.54, 1.807) is 30.5 Å². The van der Waals surface area contributed by atoms with Crippen LogP contribution in [-0.4, -0.2) is 36.6 Å². The Morgan fingerprint density at radius 2 is 2.00 bits per heavy atom. The summed E-state index contributed by atoms with van der Waals surface area (Å²) in [5.74, 6) is 0.813. The Labute approximate surface area is 192 Å². The van der Waals surface area contributed by atoms with Gasteiger partial charge in [0, 0.05) is 58.2 Å². The van der Waals surface area contributed by atoms with E-state index >= 15 is 0 Å². The standard InChI is InChI=1S/C23H17ClN8O/c24-23-28-7-8-32(23)22(33)19-10-13-1-2-14(11-18(13)30-19)21-27-6-5-20(31-21)29-16-3-4-17(26)15(9-16)12-25/h1-12,25,30H,26H2,(H,27,29,31). The minimum atomic E-state index is -0.300.